The smallest absolute Gasteiger partial charge is 0.417 e. The molecule has 210 valence electrons. The Morgan fingerprint density at radius 3 is 2.52 bits per heavy atom. The molecule has 1 aliphatic rings. The molecule has 0 spiro atoms. The van der Waals surface area contributed by atoms with E-state index in [0.29, 0.717) is 36.8 Å². The van der Waals surface area contributed by atoms with Crippen LogP contribution < -0.4 is 20.1 Å². The van der Waals surface area contributed by atoms with Gasteiger partial charge in [0.25, 0.3) is 11.8 Å². The zero-order valence-corrected chi connectivity index (χ0v) is 21.1. The lowest BCUT2D eigenvalue weighted by atomic mass is 10.2. The summed E-state index contributed by atoms with van der Waals surface area (Å²) in [6, 6.07) is 6.41. The first-order valence-corrected chi connectivity index (χ1v) is 12.4. The summed E-state index contributed by atoms with van der Waals surface area (Å²) < 4.78 is 52.3. The molecule has 15 heteroatoms. The van der Waals surface area contributed by atoms with Crippen LogP contribution in [0.25, 0.3) is 0 Å². The van der Waals surface area contributed by atoms with Gasteiger partial charge < -0.3 is 20.1 Å². The van der Waals surface area contributed by atoms with Gasteiger partial charge in [-0.25, -0.2) is 0 Å². The van der Waals surface area contributed by atoms with E-state index in [1.54, 1.807) is 27.8 Å². The number of hydrogen-bond acceptors (Lipinski definition) is 7. The number of alkyl halides is 3. The van der Waals surface area contributed by atoms with E-state index in [1.807, 2.05) is 12.1 Å². The van der Waals surface area contributed by atoms with Crippen LogP contribution in [0.3, 0.4) is 0 Å². The lowest BCUT2D eigenvalue weighted by Crippen LogP contribution is -2.28. The van der Waals surface area contributed by atoms with E-state index in [1.165, 1.54) is 6.20 Å². The van der Waals surface area contributed by atoms with Gasteiger partial charge in [0.05, 0.1) is 18.0 Å². The molecule has 2 amide bonds. The van der Waals surface area contributed by atoms with E-state index >= 15 is 0 Å². The van der Waals surface area contributed by atoms with Gasteiger partial charge in [-0.15, -0.1) is 5.10 Å². The molecule has 1 aromatic carbocycles. The minimum atomic E-state index is -4.49. The average Bonchev–Trinajstić information content (AvgIpc) is 3.58. The Labute approximate surface area is 225 Å². The van der Waals surface area contributed by atoms with Crippen LogP contribution in [0.15, 0.2) is 49.1 Å². The maximum atomic E-state index is 12.8. The molecule has 5 rings (SSSR count). The number of hydrogen-bond donors (Lipinski definition) is 3. The molecule has 12 nitrogen and oxygen atoms in total. The minimum Gasteiger partial charge on any atom is -0.454 e. The standard InChI is InChI=1S/C25H25F3N8O4/c26-25(27,28)18-7-17(9-29-12-18)11-31-24(38)20-14-35(33-20)5-1-2-6-36-13-19(32-34-36)23(37)30-10-16-3-4-21-22(8-16)40-15-39-21/h3-4,7-9,12-14,33H,1-2,5-6,10-11,15H2,(H,30,37)(H,31,38). The molecule has 0 unspecified atom stereocenters. The fraction of sp³-hybridized carbons (Fsp3) is 0.320. The van der Waals surface area contributed by atoms with Gasteiger partial charge in [-0.2, -0.15) is 13.2 Å². The van der Waals surface area contributed by atoms with Crippen LogP contribution in [0.2, 0.25) is 0 Å². The lowest BCUT2D eigenvalue weighted by Gasteiger charge is -2.15. The van der Waals surface area contributed by atoms with Crippen LogP contribution in [0.5, 0.6) is 11.5 Å². The molecule has 3 aromatic heterocycles. The summed E-state index contributed by atoms with van der Waals surface area (Å²) in [6.07, 6.45) is 2.23. The number of aromatic amines is 1. The fourth-order valence-electron chi connectivity index (χ4n) is 3.94. The summed E-state index contributed by atoms with van der Waals surface area (Å²) in [4.78, 5) is 28.2. The maximum absolute atomic E-state index is 12.8. The highest BCUT2D eigenvalue weighted by Crippen LogP contribution is 2.32. The molecule has 40 heavy (non-hydrogen) atoms. The van der Waals surface area contributed by atoms with E-state index in [2.05, 4.69) is 31.0 Å². The number of H-pyrrole nitrogens is 1. The number of pyridine rings is 1. The van der Waals surface area contributed by atoms with Crippen LogP contribution in [0.1, 0.15) is 50.5 Å². The van der Waals surface area contributed by atoms with Crippen LogP contribution >= 0.6 is 0 Å². The molecular weight excluding hydrogens is 533 g/mol. The number of unbranched alkanes of at least 4 members (excludes halogenated alkanes) is 1. The highest BCUT2D eigenvalue weighted by molar-refractivity contribution is 5.92. The first-order valence-electron chi connectivity index (χ1n) is 12.4. The minimum absolute atomic E-state index is 0.0783. The van der Waals surface area contributed by atoms with Crippen molar-refractivity contribution >= 4 is 11.8 Å². The Morgan fingerprint density at radius 2 is 1.70 bits per heavy atom. The normalized spacial score (nSPS) is 12.5. The highest BCUT2D eigenvalue weighted by atomic mass is 19.4. The number of halogens is 3. The number of nitrogens with one attached hydrogen (secondary N) is 3. The van der Waals surface area contributed by atoms with Gasteiger partial charge in [-0.3, -0.25) is 29.0 Å². The summed E-state index contributed by atoms with van der Waals surface area (Å²) in [5, 5.41) is 16.2. The van der Waals surface area contributed by atoms with Crippen molar-refractivity contribution in [1.82, 2.24) is 40.4 Å². The summed E-state index contributed by atoms with van der Waals surface area (Å²) in [5.41, 5.74) is 0.775. The number of aryl methyl sites for hydroxylation is 2. The topological polar surface area (TPSA) is 141 Å². The molecule has 0 bridgehead atoms. The third-order valence-electron chi connectivity index (χ3n) is 6.07. The Bertz CT molecular complexity index is 1480. The van der Waals surface area contributed by atoms with Crippen molar-refractivity contribution < 1.29 is 32.2 Å². The second-order valence-corrected chi connectivity index (χ2v) is 9.05. The molecule has 1 aliphatic heterocycles. The van der Waals surface area contributed by atoms with Crippen molar-refractivity contribution in [2.45, 2.75) is 45.2 Å². The molecule has 3 N–H and O–H groups in total. The number of carbonyl (C=O) groups is 2. The number of fused-ring (bicyclic) bond motifs is 1. The van der Waals surface area contributed by atoms with E-state index in [9.17, 15) is 22.8 Å². The zero-order chi connectivity index (χ0) is 28.1. The van der Waals surface area contributed by atoms with Gasteiger partial charge in [-0.1, -0.05) is 11.3 Å². The molecule has 0 fully saturated rings. The largest absolute Gasteiger partial charge is 0.454 e. The molecule has 0 saturated heterocycles. The molecule has 0 atom stereocenters. The molecule has 4 aromatic rings. The monoisotopic (exact) mass is 558 g/mol. The third kappa shape index (κ3) is 6.59. The number of amides is 2. The number of nitrogens with zero attached hydrogens (tertiary/aromatic N) is 5. The van der Waals surface area contributed by atoms with Gasteiger partial charge in [-0.05, 0) is 42.2 Å². The van der Waals surface area contributed by atoms with Crippen molar-refractivity contribution in [3.63, 3.8) is 0 Å². The van der Waals surface area contributed by atoms with Gasteiger partial charge in [0.1, 0.15) is 5.69 Å². The quantitative estimate of drug-likeness (QED) is 0.241. The average molecular weight is 559 g/mol. The molecule has 0 radical (unpaired) electrons. The summed E-state index contributed by atoms with van der Waals surface area (Å²) in [5.74, 6) is 0.553. The van der Waals surface area contributed by atoms with Crippen molar-refractivity contribution in [3.05, 3.63) is 77.1 Å². The second-order valence-electron chi connectivity index (χ2n) is 9.05. The first-order chi connectivity index (χ1) is 19.2. The Hall–Kier alpha value is -4.82. The van der Waals surface area contributed by atoms with Gasteiger partial charge in [0.15, 0.2) is 17.2 Å². The third-order valence-corrected chi connectivity index (χ3v) is 6.07. The second kappa shape index (κ2) is 11.5. The number of ether oxygens (including phenoxy) is 2. The highest BCUT2D eigenvalue weighted by Gasteiger charge is 2.31. The number of carbonyl (C=O) groups excluding carboxylic acids is 2. The summed E-state index contributed by atoms with van der Waals surface area (Å²) >= 11 is 0. The van der Waals surface area contributed by atoms with Crippen molar-refractivity contribution in [1.29, 1.82) is 0 Å². The molecule has 4 heterocycles. The SMILES string of the molecule is O=C(NCc1ccc2c(c1)OCO2)c1cn(CCCCn2cc(C(=O)NCc3cncc(C(F)(F)F)c3)[nH]2)nn1. The molecule has 0 saturated carbocycles. The zero-order valence-electron chi connectivity index (χ0n) is 21.1. The van der Waals surface area contributed by atoms with E-state index < -0.39 is 17.6 Å². The fourth-order valence-corrected chi connectivity index (χ4v) is 3.94. The Morgan fingerprint density at radius 1 is 0.950 bits per heavy atom. The number of benzene rings is 1. The van der Waals surface area contributed by atoms with Crippen molar-refractivity contribution in [2.75, 3.05) is 6.79 Å². The van der Waals surface area contributed by atoms with E-state index in [-0.39, 0.29) is 30.5 Å². The number of aromatic nitrogens is 6. The van der Waals surface area contributed by atoms with Crippen LogP contribution in [-0.4, -0.2) is 48.4 Å². The molecule has 0 aliphatic carbocycles. The number of rotatable bonds is 11. The maximum Gasteiger partial charge on any atom is 0.417 e. The van der Waals surface area contributed by atoms with Crippen molar-refractivity contribution in [3.8, 4) is 11.5 Å². The van der Waals surface area contributed by atoms with Crippen LogP contribution in [-0.2, 0) is 32.4 Å². The van der Waals surface area contributed by atoms with Crippen LogP contribution in [0, 0.1) is 0 Å². The Kier molecular flexibility index (Phi) is 7.70. The lowest BCUT2D eigenvalue weighted by molar-refractivity contribution is -0.137. The van der Waals surface area contributed by atoms with Crippen molar-refractivity contribution in [2.24, 2.45) is 0 Å². The van der Waals surface area contributed by atoms with Gasteiger partial charge in [0.2, 0.25) is 6.79 Å². The van der Waals surface area contributed by atoms with E-state index in [0.717, 1.165) is 30.7 Å². The van der Waals surface area contributed by atoms with Gasteiger partial charge in [0, 0.05) is 38.6 Å². The predicted molar refractivity (Wildman–Crippen MR) is 132 cm³/mol. The first kappa shape index (κ1) is 26.8. The Balaban J connectivity index is 0.991. The summed E-state index contributed by atoms with van der Waals surface area (Å²) in [7, 11) is 0. The van der Waals surface area contributed by atoms with Crippen LogP contribution in [0.4, 0.5) is 13.2 Å². The summed E-state index contributed by atoms with van der Waals surface area (Å²) in [6.45, 7) is 1.58. The van der Waals surface area contributed by atoms with E-state index in [4.69, 9.17) is 9.47 Å². The predicted octanol–water partition coefficient (Wildman–Crippen LogP) is 2.89. The molecular formula is C25H25F3N8O4. The van der Waals surface area contributed by atoms with Gasteiger partial charge >= 0.3 is 6.18 Å².